The number of rotatable bonds is 11. The molecule has 0 saturated heterocycles. The van der Waals surface area contributed by atoms with Crippen LogP contribution in [-0.4, -0.2) is 53.9 Å². The van der Waals surface area contributed by atoms with E-state index in [4.69, 9.17) is 30.2 Å². The predicted molar refractivity (Wildman–Crippen MR) is 147 cm³/mol. The first-order valence-corrected chi connectivity index (χ1v) is 12.3. The molecule has 222 valence electrons. The van der Waals surface area contributed by atoms with Gasteiger partial charge in [0.05, 0.1) is 30.9 Å². The van der Waals surface area contributed by atoms with Crippen molar-refractivity contribution in [3.05, 3.63) is 59.7 Å². The second kappa shape index (κ2) is 14.7. The van der Waals surface area contributed by atoms with Crippen molar-refractivity contribution in [2.24, 2.45) is 5.73 Å². The van der Waals surface area contributed by atoms with Crippen LogP contribution in [0.25, 0.3) is 10.9 Å². The Balaban J connectivity index is 0.000000642. The van der Waals surface area contributed by atoms with Crippen molar-refractivity contribution in [3.63, 3.8) is 0 Å². The van der Waals surface area contributed by atoms with Crippen molar-refractivity contribution in [2.45, 2.75) is 38.9 Å². The zero-order valence-corrected chi connectivity index (χ0v) is 22.9. The number of carboxylic acids is 2. The van der Waals surface area contributed by atoms with E-state index in [0.29, 0.717) is 46.9 Å². The third-order valence-electron chi connectivity index (χ3n) is 5.60. The van der Waals surface area contributed by atoms with E-state index in [-0.39, 0.29) is 17.5 Å². The van der Waals surface area contributed by atoms with Gasteiger partial charge < -0.3 is 35.5 Å². The van der Waals surface area contributed by atoms with Crippen molar-refractivity contribution >= 4 is 28.5 Å². The molecule has 0 bridgehead atoms. The summed E-state index contributed by atoms with van der Waals surface area (Å²) in [4.78, 5) is 23.7. The first-order valence-electron chi connectivity index (χ1n) is 12.3. The molecule has 1 unspecified atom stereocenters. The van der Waals surface area contributed by atoms with Crippen LogP contribution in [0.15, 0.2) is 48.6 Å². The monoisotopic (exact) mass is 579 g/mol. The minimum atomic E-state index is -4.48. The number of aliphatic carboxylic acids is 2. The van der Waals surface area contributed by atoms with Crippen molar-refractivity contribution in [3.8, 4) is 23.1 Å². The van der Waals surface area contributed by atoms with Gasteiger partial charge >= 0.3 is 18.1 Å². The van der Waals surface area contributed by atoms with Gasteiger partial charge in [0, 0.05) is 30.3 Å². The van der Waals surface area contributed by atoms with E-state index < -0.39 is 23.7 Å². The number of aromatic nitrogens is 1. The Bertz CT molecular complexity index is 1380. The Morgan fingerprint density at radius 2 is 1.76 bits per heavy atom. The molecule has 3 rings (SSSR count). The molecule has 1 heterocycles. The minimum Gasteiger partial charge on any atom is -0.493 e. The molecular weight excluding hydrogens is 547 g/mol. The highest BCUT2D eigenvalue weighted by Crippen LogP contribution is 2.45. The van der Waals surface area contributed by atoms with Gasteiger partial charge in [0.25, 0.3) is 0 Å². The molecule has 0 aliphatic heterocycles. The van der Waals surface area contributed by atoms with Crippen LogP contribution in [0.5, 0.6) is 23.1 Å². The molecule has 1 atom stereocenters. The molecule has 0 fully saturated rings. The number of methoxy groups -OCH3 is 2. The molecule has 0 amide bonds. The molecule has 5 N–H and O–H groups in total. The van der Waals surface area contributed by atoms with Crippen molar-refractivity contribution < 1.29 is 47.2 Å². The van der Waals surface area contributed by atoms with E-state index in [9.17, 15) is 22.8 Å². The second-order valence-corrected chi connectivity index (χ2v) is 8.77. The van der Waals surface area contributed by atoms with Gasteiger partial charge in [0.1, 0.15) is 11.3 Å². The third kappa shape index (κ3) is 9.57. The van der Waals surface area contributed by atoms with Gasteiger partial charge in [0.15, 0.2) is 11.5 Å². The number of nitrogens with two attached hydrogens (primary N) is 1. The number of pyridine rings is 1. The molecule has 13 heteroatoms. The van der Waals surface area contributed by atoms with Crippen LogP contribution in [0, 0.1) is 6.92 Å². The number of alkyl halides is 3. The van der Waals surface area contributed by atoms with Gasteiger partial charge in [-0.15, -0.1) is 0 Å². The Morgan fingerprint density at radius 1 is 1.10 bits per heavy atom. The van der Waals surface area contributed by atoms with E-state index in [0.717, 1.165) is 30.5 Å². The normalized spacial score (nSPS) is 11.9. The van der Waals surface area contributed by atoms with Gasteiger partial charge in [-0.1, -0.05) is 6.07 Å². The fourth-order valence-corrected chi connectivity index (χ4v) is 3.74. The Kier molecular flexibility index (Phi) is 11.8. The summed E-state index contributed by atoms with van der Waals surface area (Å²) in [5, 5.41) is 19.7. The fourth-order valence-electron chi connectivity index (χ4n) is 3.74. The quantitative estimate of drug-likeness (QED) is 0.210. The molecule has 3 aromatic rings. The molecule has 0 radical (unpaired) electrons. The van der Waals surface area contributed by atoms with Crippen LogP contribution in [0.4, 0.5) is 18.9 Å². The van der Waals surface area contributed by atoms with E-state index >= 15 is 0 Å². The average Bonchev–Trinajstić information content (AvgIpc) is 2.91. The van der Waals surface area contributed by atoms with Crippen molar-refractivity contribution in [1.82, 2.24) is 4.98 Å². The summed E-state index contributed by atoms with van der Waals surface area (Å²) in [5.74, 6) is -1.42. The Labute approximate surface area is 234 Å². The molecular formula is C28H32F3N3O7. The number of hydrogen-bond acceptors (Lipinski definition) is 8. The number of carbonyl (C=O) groups is 2. The summed E-state index contributed by atoms with van der Waals surface area (Å²) in [6.07, 6.45) is -1.66. The van der Waals surface area contributed by atoms with E-state index in [1.807, 2.05) is 13.8 Å². The number of aryl methyl sites for hydroxylation is 1. The minimum absolute atomic E-state index is 0.0386. The number of hydrogen-bond donors (Lipinski definition) is 4. The topological polar surface area (TPSA) is 153 Å². The van der Waals surface area contributed by atoms with Crippen LogP contribution in [0.1, 0.15) is 30.9 Å². The maximum absolute atomic E-state index is 13.2. The van der Waals surface area contributed by atoms with Crippen LogP contribution in [-0.2, 0) is 15.8 Å². The summed E-state index contributed by atoms with van der Waals surface area (Å²) in [5.41, 5.74) is 6.87. The number of fused-ring (bicyclic) bond motifs is 1. The molecule has 0 aliphatic rings. The SMILES string of the molecule is COc1cc(C)c2c(Oc3cccc(C(F)(F)F)c3)c(OC)cc(NC(C)CCCN)c2n1.O=C(O)/C=C\C(=O)O. The van der Waals surface area contributed by atoms with Gasteiger partial charge in [0.2, 0.25) is 5.88 Å². The summed E-state index contributed by atoms with van der Waals surface area (Å²) in [6.45, 7) is 4.48. The lowest BCUT2D eigenvalue weighted by atomic mass is 10.1. The number of nitrogens with one attached hydrogen (secondary N) is 1. The second-order valence-electron chi connectivity index (χ2n) is 8.77. The van der Waals surface area contributed by atoms with Crippen molar-refractivity contribution in [1.29, 1.82) is 0 Å². The van der Waals surface area contributed by atoms with Gasteiger partial charge in [-0.25, -0.2) is 14.6 Å². The largest absolute Gasteiger partial charge is 0.493 e. The summed E-state index contributed by atoms with van der Waals surface area (Å²) >= 11 is 0. The highest BCUT2D eigenvalue weighted by atomic mass is 19.4. The lowest BCUT2D eigenvalue weighted by Gasteiger charge is -2.21. The molecule has 41 heavy (non-hydrogen) atoms. The maximum Gasteiger partial charge on any atom is 0.416 e. The van der Waals surface area contributed by atoms with Gasteiger partial charge in [-0.05, 0) is 57.0 Å². The van der Waals surface area contributed by atoms with Crippen LogP contribution < -0.4 is 25.3 Å². The zero-order valence-electron chi connectivity index (χ0n) is 22.9. The summed E-state index contributed by atoms with van der Waals surface area (Å²) < 4.78 is 56.5. The number of halogens is 3. The number of anilines is 1. The maximum atomic E-state index is 13.2. The average molecular weight is 580 g/mol. The standard InChI is InChI=1S/C24H28F3N3O3.C4H4O4/c1-14-11-20(32-4)30-22-18(29-15(2)7-6-10-28)13-19(31-3)23(21(14)22)33-17-9-5-8-16(12-17)24(25,26)27;5-3(6)1-2-4(7)8/h5,8-9,11-13,15,29H,6-7,10,28H2,1-4H3;1-2H,(H,5,6)(H,7,8)/b;2-1-. The number of benzene rings is 2. The highest BCUT2D eigenvalue weighted by Gasteiger charge is 2.31. The lowest BCUT2D eigenvalue weighted by molar-refractivity contribution is -0.137. The molecule has 0 aliphatic carbocycles. The van der Waals surface area contributed by atoms with Gasteiger partial charge in [-0.2, -0.15) is 13.2 Å². The summed E-state index contributed by atoms with van der Waals surface area (Å²) in [7, 11) is 3.00. The lowest BCUT2D eigenvalue weighted by Crippen LogP contribution is -2.17. The van der Waals surface area contributed by atoms with E-state index in [1.165, 1.54) is 26.4 Å². The fraction of sp³-hybridized carbons (Fsp3) is 0.321. The summed E-state index contributed by atoms with van der Waals surface area (Å²) in [6, 6.07) is 8.29. The number of ether oxygens (including phenoxy) is 3. The predicted octanol–water partition coefficient (Wildman–Crippen LogP) is 5.62. The highest BCUT2D eigenvalue weighted by molar-refractivity contribution is 6.00. The number of carboxylic acid groups (broad SMARTS) is 2. The third-order valence-corrected chi connectivity index (χ3v) is 5.60. The molecule has 1 aromatic heterocycles. The smallest absolute Gasteiger partial charge is 0.416 e. The Hall–Kier alpha value is -4.52. The van der Waals surface area contributed by atoms with Crippen molar-refractivity contribution in [2.75, 3.05) is 26.1 Å². The van der Waals surface area contributed by atoms with Crippen LogP contribution in [0.2, 0.25) is 0 Å². The Morgan fingerprint density at radius 3 is 2.29 bits per heavy atom. The van der Waals surface area contributed by atoms with E-state index in [1.54, 1.807) is 12.1 Å². The molecule has 0 spiro atoms. The molecule has 0 saturated carbocycles. The van der Waals surface area contributed by atoms with E-state index in [2.05, 4.69) is 10.3 Å². The number of nitrogens with zero attached hydrogens (tertiary/aromatic N) is 1. The van der Waals surface area contributed by atoms with Crippen LogP contribution >= 0.6 is 0 Å². The van der Waals surface area contributed by atoms with Crippen LogP contribution in [0.3, 0.4) is 0 Å². The first-order chi connectivity index (χ1) is 19.3. The molecule has 10 nitrogen and oxygen atoms in total. The molecule has 2 aromatic carbocycles. The van der Waals surface area contributed by atoms with Gasteiger partial charge in [-0.3, -0.25) is 0 Å². The first kappa shape index (κ1) is 32.7. The zero-order chi connectivity index (χ0) is 30.7.